The van der Waals surface area contributed by atoms with Gasteiger partial charge in [0, 0.05) is 42.0 Å². The molecule has 0 saturated heterocycles. The Balaban J connectivity index is 1.69. The number of hydrogen-bond acceptors (Lipinski definition) is 6. The summed E-state index contributed by atoms with van der Waals surface area (Å²) < 4.78 is 0. The van der Waals surface area contributed by atoms with Crippen LogP contribution in [0.3, 0.4) is 0 Å². The molecule has 4 aromatic rings. The minimum atomic E-state index is -0.452. The molecule has 0 fully saturated rings. The molecule has 0 spiro atoms. The van der Waals surface area contributed by atoms with Crippen molar-refractivity contribution in [1.82, 2.24) is 0 Å². The summed E-state index contributed by atoms with van der Waals surface area (Å²) in [6.45, 7) is 5.43. The maximum Gasteiger partial charge on any atom is 0.123 e. The van der Waals surface area contributed by atoms with Gasteiger partial charge in [0.15, 0.2) is 0 Å². The minimum Gasteiger partial charge on any atom is -0.508 e. The number of hydrogen-bond donors (Lipinski definition) is 6. The predicted octanol–water partition coefficient (Wildman–Crippen LogP) is 5.87. The molecule has 6 nitrogen and oxygen atoms in total. The highest BCUT2D eigenvalue weighted by Gasteiger charge is 2.21. The van der Waals surface area contributed by atoms with Crippen LogP contribution in [0.4, 0.5) is 0 Å². The summed E-state index contributed by atoms with van der Waals surface area (Å²) in [7, 11) is 0. The molecule has 0 unspecified atom stereocenters. The first-order valence-corrected chi connectivity index (χ1v) is 11.7. The summed E-state index contributed by atoms with van der Waals surface area (Å²) in [5.41, 5.74) is 5.47. The van der Waals surface area contributed by atoms with Gasteiger partial charge in [0.2, 0.25) is 0 Å². The quantitative estimate of drug-likeness (QED) is 0.203. The largest absolute Gasteiger partial charge is 0.508 e. The van der Waals surface area contributed by atoms with Crippen LogP contribution in [-0.4, -0.2) is 30.6 Å². The Kier molecular flexibility index (Phi) is 6.71. The van der Waals surface area contributed by atoms with Crippen LogP contribution in [-0.2, 0) is 12.8 Å². The smallest absolute Gasteiger partial charge is 0.123 e. The molecule has 186 valence electrons. The number of phenolic OH excluding ortho intramolecular Hbond substituents is 6. The molecule has 0 radical (unpaired) electrons. The summed E-state index contributed by atoms with van der Waals surface area (Å²) in [5, 5.41) is 61.9. The number of aryl methyl sites for hydroxylation is 2. The van der Waals surface area contributed by atoms with Crippen LogP contribution < -0.4 is 0 Å². The zero-order valence-electron chi connectivity index (χ0n) is 20.4. The Morgan fingerprint density at radius 3 is 1.25 bits per heavy atom. The monoisotopic (exact) mass is 486 g/mol. The maximum absolute atomic E-state index is 10.7. The minimum absolute atomic E-state index is 0.0486. The van der Waals surface area contributed by atoms with Crippen molar-refractivity contribution in [3.8, 4) is 34.5 Å². The van der Waals surface area contributed by atoms with Crippen LogP contribution in [0.25, 0.3) is 0 Å². The van der Waals surface area contributed by atoms with E-state index in [0.717, 1.165) is 22.3 Å². The van der Waals surface area contributed by atoms with E-state index in [4.69, 9.17) is 0 Å². The van der Waals surface area contributed by atoms with E-state index in [2.05, 4.69) is 0 Å². The standard InChI is InChI=1S/C30H30O6/c1-16-8-19(4-6-25(16)31)10-21-12-23(29(35)14-27(21)33)18(3)24-13-22(28(34)15-30(24)36)11-20-5-7-26(32)17(2)9-20/h4-9,12-15,18,31-36H,10-11H2,1-3H3. The second kappa shape index (κ2) is 9.74. The third-order valence-electron chi connectivity index (χ3n) is 6.70. The lowest BCUT2D eigenvalue weighted by atomic mass is 9.87. The lowest BCUT2D eigenvalue weighted by Crippen LogP contribution is -2.02. The van der Waals surface area contributed by atoms with Crippen molar-refractivity contribution >= 4 is 0 Å². The molecule has 0 aliphatic rings. The molecule has 4 aromatic carbocycles. The third kappa shape index (κ3) is 5.03. The van der Waals surface area contributed by atoms with Gasteiger partial charge in [-0.05, 0) is 71.5 Å². The van der Waals surface area contributed by atoms with Gasteiger partial charge < -0.3 is 30.6 Å². The predicted molar refractivity (Wildman–Crippen MR) is 138 cm³/mol. The molecular formula is C30H30O6. The van der Waals surface area contributed by atoms with E-state index >= 15 is 0 Å². The first kappa shape index (κ1) is 24.8. The summed E-state index contributed by atoms with van der Waals surface area (Å²) in [6.07, 6.45) is 0.778. The third-order valence-corrected chi connectivity index (χ3v) is 6.70. The van der Waals surface area contributed by atoms with E-state index in [1.807, 2.05) is 19.1 Å². The summed E-state index contributed by atoms with van der Waals surface area (Å²) in [4.78, 5) is 0. The molecule has 0 amide bonds. The molecule has 0 bridgehead atoms. The van der Waals surface area contributed by atoms with Crippen LogP contribution in [0.5, 0.6) is 34.5 Å². The fraction of sp³-hybridized carbons (Fsp3) is 0.200. The average molecular weight is 487 g/mol. The van der Waals surface area contributed by atoms with Crippen molar-refractivity contribution in [3.05, 3.63) is 105 Å². The molecular weight excluding hydrogens is 456 g/mol. The molecule has 0 saturated carbocycles. The van der Waals surface area contributed by atoms with Gasteiger partial charge in [0.25, 0.3) is 0 Å². The molecule has 0 heterocycles. The van der Waals surface area contributed by atoms with Gasteiger partial charge in [0.05, 0.1) is 0 Å². The van der Waals surface area contributed by atoms with Crippen molar-refractivity contribution < 1.29 is 30.6 Å². The van der Waals surface area contributed by atoms with E-state index < -0.39 is 5.92 Å². The van der Waals surface area contributed by atoms with E-state index in [1.165, 1.54) is 12.1 Å². The van der Waals surface area contributed by atoms with Gasteiger partial charge >= 0.3 is 0 Å². The zero-order valence-corrected chi connectivity index (χ0v) is 20.4. The summed E-state index contributed by atoms with van der Waals surface area (Å²) >= 11 is 0. The fourth-order valence-electron chi connectivity index (χ4n) is 4.52. The first-order chi connectivity index (χ1) is 17.0. The molecule has 0 aliphatic heterocycles. The Bertz CT molecular complexity index is 1330. The van der Waals surface area contributed by atoms with Gasteiger partial charge in [-0.2, -0.15) is 0 Å². The average Bonchev–Trinajstić information content (AvgIpc) is 2.81. The highest BCUT2D eigenvalue weighted by Crippen LogP contribution is 2.41. The molecule has 6 N–H and O–H groups in total. The van der Waals surface area contributed by atoms with Crippen LogP contribution >= 0.6 is 0 Å². The Morgan fingerprint density at radius 2 is 0.889 bits per heavy atom. The highest BCUT2D eigenvalue weighted by molar-refractivity contribution is 5.55. The molecule has 0 aromatic heterocycles. The van der Waals surface area contributed by atoms with Gasteiger partial charge in [-0.1, -0.05) is 31.2 Å². The normalized spacial score (nSPS) is 11.2. The van der Waals surface area contributed by atoms with Gasteiger partial charge in [-0.25, -0.2) is 0 Å². The molecule has 0 aliphatic carbocycles. The van der Waals surface area contributed by atoms with Gasteiger partial charge in [-0.3, -0.25) is 0 Å². The maximum atomic E-state index is 10.7. The fourth-order valence-corrected chi connectivity index (χ4v) is 4.52. The van der Waals surface area contributed by atoms with E-state index in [0.29, 0.717) is 35.1 Å². The first-order valence-electron chi connectivity index (χ1n) is 11.7. The summed E-state index contributed by atoms with van der Waals surface area (Å²) in [6, 6.07) is 16.5. The Hall–Kier alpha value is -4.32. The van der Waals surface area contributed by atoms with Crippen LogP contribution in [0, 0.1) is 13.8 Å². The van der Waals surface area contributed by atoms with Gasteiger partial charge in [-0.15, -0.1) is 0 Å². The molecule has 4 rings (SSSR count). The van der Waals surface area contributed by atoms with Crippen molar-refractivity contribution in [2.75, 3.05) is 0 Å². The van der Waals surface area contributed by atoms with Crippen molar-refractivity contribution in [3.63, 3.8) is 0 Å². The topological polar surface area (TPSA) is 121 Å². The molecule has 0 atom stereocenters. The van der Waals surface area contributed by atoms with Gasteiger partial charge in [0.1, 0.15) is 34.5 Å². The lowest BCUT2D eigenvalue weighted by Gasteiger charge is -2.19. The van der Waals surface area contributed by atoms with Crippen molar-refractivity contribution in [2.24, 2.45) is 0 Å². The zero-order chi connectivity index (χ0) is 26.1. The van der Waals surface area contributed by atoms with Crippen molar-refractivity contribution in [2.45, 2.75) is 39.5 Å². The Labute approximate surface area is 210 Å². The van der Waals surface area contributed by atoms with Crippen LogP contribution in [0.2, 0.25) is 0 Å². The highest BCUT2D eigenvalue weighted by atomic mass is 16.3. The van der Waals surface area contributed by atoms with Crippen molar-refractivity contribution in [1.29, 1.82) is 0 Å². The van der Waals surface area contributed by atoms with Crippen LogP contribution in [0.1, 0.15) is 57.3 Å². The molecule has 6 heteroatoms. The van der Waals surface area contributed by atoms with E-state index in [-0.39, 0.29) is 34.5 Å². The number of benzene rings is 4. The second-order valence-corrected chi connectivity index (χ2v) is 9.40. The Morgan fingerprint density at radius 1 is 0.500 bits per heavy atom. The molecule has 36 heavy (non-hydrogen) atoms. The lowest BCUT2D eigenvalue weighted by molar-refractivity contribution is 0.435. The SMILES string of the molecule is Cc1cc(Cc2cc(C(C)c3cc(Cc4ccc(O)c(C)c4)c(O)cc3O)c(O)cc2O)ccc1O. The van der Waals surface area contributed by atoms with E-state index in [1.54, 1.807) is 50.2 Å². The number of aromatic hydroxyl groups is 6. The van der Waals surface area contributed by atoms with Crippen LogP contribution in [0.15, 0.2) is 60.7 Å². The summed E-state index contributed by atoms with van der Waals surface area (Å²) in [5.74, 6) is -0.359. The number of rotatable bonds is 6. The van der Waals surface area contributed by atoms with E-state index in [9.17, 15) is 30.6 Å². The number of phenols is 6. The second-order valence-electron chi connectivity index (χ2n) is 9.40.